The number of halogens is 1. The average molecular weight is 341 g/mol. The van der Waals surface area contributed by atoms with E-state index in [1.165, 1.54) is 12.1 Å². The van der Waals surface area contributed by atoms with Crippen LogP contribution < -0.4 is 15.5 Å². The van der Waals surface area contributed by atoms with Crippen LogP contribution in [0.3, 0.4) is 0 Å². The highest BCUT2D eigenvalue weighted by molar-refractivity contribution is 6.31. The van der Waals surface area contributed by atoms with E-state index in [0.29, 0.717) is 23.4 Å². The minimum Gasteiger partial charge on any atom is -0.383 e. The third-order valence-corrected chi connectivity index (χ3v) is 4.09. The van der Waals surface area contributed by atoms with E-state index < -0.39 is 0 Å². The van der Waals surface area contributed by atoms with E-state index in [2.05, 4.69) is 15.5 Å². The molecular formula is C19H20FN3O2. The van der Waals surface area contributed by atoms with Crippen LogP contribution >= 0.6 is 0 Å². The lowest BCUT2D eigenvalue weighted by Gasteiger charge is -2.19. The van der Waals surface area contributed by atoms with Crippen LogP contribution in [-0.4, -0.2) is 33.2 Å². The van der Waals surface area contributed by atoms with Gasteiger partial charge in [0.1, 0.15) is 5.82 Å². The minimum atomic E-state index is -0.371. The maximum atomic E-state index is 13.4. The lowest BCUT2D eigenvalue weighted by Crippen LogP contribution is -2.21. The molecule has 0 saturated carbocycles. The Morgan fingerprint density at radius 2 is 2.00 bits per heavy atom. The second-order valence-electron chi connectivity index (χ2n) is 5.81. The summed E-state index contributed by atoms with van der Waals surface area (Å²) in [4.78, 5) is 14.1. The number of nitrogens with one attached hydrogen (secondary N) is 2. The fraction of sp³-hybridized carbons (Fsp3) is 0.211. The summed E-state index contributed by atoms with van der Waals surface area (Å²) in [6, 6.07) is 12.1. The average Bonchev–Trinajstić information content (AvgIpc) is 2.93. The number of fused-ring (bicyclic) bond motifs is 1. The number of rotatable bonds is 6. The van der Waals surface area contributed by atoms with Crippen LogP contribution in [0.4, 0.5) is 21.5 Å². The number of anilines is 3. The highest BCUT2D eigenvalue weighted by Gasteiger charge is 2.24. The van der Waals surface area contributed by atoms with Crippen molar-refractivity contribution in [1.29, 1.82) is 0 Å². The SMILES string of the molecule is COCCN(C)c1ccc(NC=C2C(=O)Nc3ccc(F)cc32)cc1. The number of nitrogens with zero attached hydrogens (tertiary/aromatic N) is 1. The van der Waals surface area contributed by atoms with Gasteiger partial charge < -0.3 is 20.3 Å². The molecule has 2 aromatic carbocycles. The summed E-state index contributed by atoms with van der Waals surface area (Å²) in [5.41, 5.74) is 3.51. The third-order valence-electron chi connectivity index (χ3n) is 4.09. The van der Waals surface area contributed by atoms with Crippen LogP contribution in [0.2, 0.25) is 0 Å². The highest BCUT2D eigenvalue weighted by Crippen LogP contribution is 2.32. The Hall–Kier alpha value is -2.86. The molecule has 0 atom stereocenters. The Labute approximate surface area is 146 Å². The summed E-state index contributed by atoms with van der Waals surface area (Å²) in [7, 11) is 3.68. The molecule has 1 heterocycles. The first-order chi connectivity index (χ1) is 12.1. The van der Waals surface area contributed by atoms with Gasteiger partial charge in [0.15, 0.2) is 0 Å². The molecule has 0 aromatic heterocycles. The molecule has 130 valence electrons. The van der Waals surface area contributed by atoms with Gasteiger partial charge in [-0.05, 0) is 42.5 Å². The maximum Gasteiger partial charge on any atom is 0.257 e. The summed E-state index contributed by atoms with van der Waals surface area (Å²) in [6.07, 6.45) is 1.60. The predicted octanol–water partition coefficient (Wildman–Crippen LogP) is 3.31. The second kappa shape index (κ2) is 7.36. The lowest BCUT2D eigenvalue weighted by atomic mass is 10.1. The smallest absolute Gasteiger partial charge is 0.257 e. The molecule has 0 fully saturated rings. The molecule has 5 nitrogen and oxygen atoms in total. The molecule has 2 N–H and O–H groups in total. The fourth-order valence-electron chi connectivity index (χ4n) is 2.63. The van der Waals surface area contributed by atoms with E-state index in [4.69, 9.17) is 4.74 Å². The first-order valence-electron chi connectivity index (χ1n) is 7.96. The summed E-state index contributed by atoms with van der Waals surface area (Å²) in [5.74, 6) is -0.617. The molecule has 0 aliphatic carbocycles. The lowest BCUT2D eigenvalue weighted by molar-refractivity contribution is -0.110. The van der Waals surface area contributed by atoms with Crippen molar-refractivity contribution in [2.45, 2.75) is 0 Å². The van der Waals surface area contributed by atoms with Crippen molar-refractivity contribution in [2.75, 3.05) is 42.8 Å². The number of ether oxygens (including phenoxy) is 1. The number of likely N-dealkylation sites (N-methyl/N-ethyl adjacent to an activating group) is 1. The van der Waals surface area contributed by atoms with Crippen molar-refractivity contribution in [3.05, 3.63) is 60.0 Å². The zero-order valence-corrected chi connectivity index (χ0v) is 14.2. The Morgan fingerprint density at radius 1 is 1.24 bits per heavy atom. The van der Waals surface area contributed by atoms with Gasteiger partial charge in [0.25, 0.3) is 5.91 Å². The highest BCUT2D eigenvalue weighted by atomic mass is 19.1. The first-order valence-corrected chi connectivity index (χ1v) is 7.96. The molecule has 6 heteroatoms. The van der Waals surface area contributed by atoms with Crippen molar-refractivity contribution in [1.82, 2.24) is 0 Å². The van der Waals surface area contributed by atoms with E-state index in [0.717, 1.165) is 17.9 Å². The van der Waals surface area contributed by atoms with E-state index in [1.54, 1.807) is 19.4 Å². The zero-order chi connectivity index (χ0) is 17.8. The molecule has 1 aliphatic heterocycles. The zero-order valence-electron chi connectivity index (χ0n) is 14.2. The van der Waals surface area contributed by atoms with Crippen LogP contribution in [0, 0.1) is 5.82 Å². The van der Waals surface area contributed by atoms with E-state index in [1.807, 2.05) is 31.3 Å². The van der Waals surface area contributed by atoms with Gasteiger partial charge in [0, 0.05) is 49.5 Å². The Bertz CT molecular complexity index is 803. The predicted molar refractivity (Wildman–Crippen MR) is 98.2 cm³/mol. The number of hydrogen-bond donors (Lipinski definition) is 2. The molecule has 0 spiro atoms. The second-order valence-corrected chi connectivity index (χ2v) is 5.81. The van der Waals surface area contributed by atoms with Gasteiger partial charge >= 0.3 is 0 Å². The van der Waals surface area contributed by atoms with Crippen LogP contribution in [-0.2, 0) is 9.53 Å². The molecule has 0 saturated heterocycles. The number of benzene rings is 2. The van der Waals surface area contributed by atoms with Crippen molar-refractivity contribution < 1.29 is 13.9 Å². The summed E-state index contributed by atoms with van der Waals surface area (Å²) in [5, 5.41) is 5.82. The van der Waals surface area contributed by atoms with E-state index in [-0.39, 0.29) is 11.7 Å². The summed E-state index contributed by atoms with van der Waals surface area (Å²) in [6.45, 7) is 1.46. The van der Waals surface area contributed by atoms with Crippen molar-refractivity contribution in [3.8, 4) is 0 Å². The van der Waals surface area contributed by atoms with Crippen molar-refractivity contribution >= 4 is 28.5 Å². The van der Waals surface area contributed by atoms with Gasteiger partial charge in [0.05, 0.1) is 12.2 Å². The fourth-order valence-corrected chi connectivity index (χ4v) is 2.63. The van der Waals surface area contributed by atoms with Crippen LogP contribution in [0.5, 0.6) is 0 Å². The normalized spacial score (nSPS) is 14.4. The topological polar surface area (TPSA) is 53.6 Å². The molecule has 0 unspecified atom stereocenters. The first kappa shape index (κ1) is 17.0. The monoisotopic (exact) mass is 341 g/mol. The van der Waals surface area contributed by atoms with Gasteiger partial charge in [0.2, 0.25) is 0 Å². The maximum absolute atomic E-state index is 13.4. The van der Waals surface area contributed by atoms with E-state index >= 15 is 0 Å². The minimum absolute atomic E-state index is 0.246. The Morgan fingerprint density at radius 3 is 2.72 bits per heavy atom. The number of carbonyl (C=O) groups excluding carboxylic acids is 1. The third kappa shape index (κ3) is 3.80. The van der Waals surface area contributed by atoms with Crippen molar-refractivity contribution in [2.24, 2.45) is 0 Å². The molecule has 0 radical (unpaired) electrons. The molecule has 1 amide bonds. The summed E-state index contributed by atoms with van der Waals surface area (Å²) >= 11 is 0. The molecule has 2 aromatic rings. The standard InChI is InChI=1S/C19H20FN3O2/c1-23(9-10-25-2)15-6-4-14(5-7-15)21-12-17-16-11-13(20)3-8-18(16)22-19(17)24/h3-8,11-12,21H,9-10H2,1-2H3,(H,22,24). The van der Waals surface area contributed by atoms with Crippen molar-refractivity contribution in [3.63, 3.8) is 0 Å². The van der Waals surface area contributed by atoms with Gasteiger partial charge in [-0.1, -0.05) is 0 Å². The largest absolute Gasteiger partial charge is 0.383 e. The number of methoxy groups -OCH3 is 1. The van der Waals surface area contributed by atoms with Gasteiger partial charge in [-0.2, -0.15) is 0 Å². The van der Waals surface area contributed by atoms with E-state index in [9.17, 15) is 9.18 Å². The molecule has 25 heavy (non-hydrogen) atoms. The number of amides is 1. The van der Waals surface area contributed by atoms with Crippen LogP contribution in [0.25, 0.3) is 5.57 Å². The Balaban J connectivity index is 1.72. The van der Waals surface area contributed by atoms with Crippen LogP contribution in [0.1, 0.15) is 5.56 Å². The Kier molecular flexibility index (Phi) is 5.00. The molecule has 1 aliphatic rings. The van der Waals surface area contributed by atoms with Gasteiger partial charge in [-0.25, -0.2) is 4.39 Å². The quantitative estimate of drug-likeness (QED) is 0.792. The molecular weight excluding hydrogens is 321 g/mol. The number of hydrogen-bond acceptors (Lipinski definition) is 4. The molecule has 3 rings (SSSR count). The molecule has 0 bridgehead atoms. The van der Waals surface area contributed by atoms with Gasteiger partial charge in [-0.15, -0.1) is 0 Å². The van der Waals surface area contributed by atoms with Gasteiger partial charge in [-0.3, -0.25) is 4.79 Å². The van der Waals surface area contributed by atoms with Crippen LogP contribution in [0.15, 0.2) is 48.7 Å². The summed E-state index contributed by atoms with van der Waals surface area (Å²) < 4.78 is 18.5. The number of carbonyl (C=O) groups is 1.